The molecular weight excluding hydrogens is 332 g/mol. The van der Waals surface area contributed by atoms with Gasteiger partial charge in [0.25, 0.3) is 0 Å². The van der Waals surface area contributed by atoms with Crippen molar-refractivity contribution in [3.63, 3.8) is 0 Å². The molecule has 0 saturated carbocycles. The first-order valence-corrected chi connectivity index (χ1v) is 9.41. The molecule has 0 bridgehead atoms. The third-order valence-electron chi connectivity index (χ3n) is 5.12. The molecule has 1 fully saturated rings. The van der Waals surface area contributed by atoms with Crippen LogP contribution in [0.15, 0.2) is 12.4 Å². The first-order valence-electron chi connectivity index (χ1n) is 9.41. The highest BCUT2D eigenvalue weighted by molar-refractivity contribution is 5.82. The van der Waals surface area contributed by atoms with Crippen LogP contribution >= 0.6 is 0 Å². The molecule has 0 aromatic carbocycles. The predicted octanol–water partition coefficient (Wildman–Crippen LogP) is 0.690. The molecule has 0 radical (unpaired) electrons. The maximum atomic E-state index is 12.6. The number of aryl methyl sites for hydroxylation is 1. The van der Waals surface area contributed by atoms with Crippen LogP contribution in [-0.4, -0.2) is 55.7 Å². The van der Waals surface area contributed by atoms with Crippen molar-refractivity contribution in [2.75, 3.05) is 24.5 Å². The minimum absolute atomic E-state index is 0.00299. The number of hydrogen-bond donors (Lipinski definition) is 1. The molecule has 2 aromatic rings. The zero-order chi connectivity index (χ0) is 17.8. The first-order chi connectivity index (χ1) is 12.8. The molecule has 1 atom stereocenters. The van der Waals surface area contributed by atoms with Crippen LogP contribution in [0.3, 0.4) is 0 Å². The van der Waals surface area contributed by atoms with E-state index in [0.717, 1.165) is 50.4 Å². The number of amides is 1. The number of nitrogens with zero attached hydrogens (tertiary/aromatic N) is 7. The van der Waals surface area contributed by atoms with Gasteiger partial charge in [0.15, 0.2) is 5.82 Å². The van der Waals surface area contributed by atoms with Gasteiger partial charge in [0, 0.05) is 44.4 Å². The van der Waals surface area contributed by atoms with Gasteiger partial charge in [-0.3, -0.25) is 4.79 Å². The summed E-state index contributed by atoms with van der Waals surface area (Å²) in [5, 5.41) is 14.8. The lowest BCUT2D eigenvalue weighted by Crippen LogP contribution is -2.32. The summed E-state index contributed by atoms with van der Waals surface area (Å²) >= 11 is 0. The second-order valence-electron chi connectivity index (χ2n) is 6.91. The van der Waals surface area contributed by atoms with Gasteiger partial charge in [-0.2, -0.15) is 0 Å². The van der Waals surface area contributed by atoms with Crippen LogP contribution in [0.1, 0.15) is 49.5 Å². The summed E-state index contributed by atoms with van der Waals surface area (Å²) in [7, 11) is 0. The number of aromatic nitrogens is 6. The lowest BCUT2D eigenvalue weighted by molar-refractivity contribution is -0.122. The fourth-order valence-electron chi connectivity index (χ4n) is 3.69. The Morgan fingerprint density at radius 2 is 2.00 bits per heavy atom. The van der Waals surface area contributed by atoms with E-state index in [1.165, 1.54) is 12.8 Å². The Balaban J connectivity index is 1.33. The van der Waals surface area contributed by atoms with E-state index in [2.05, 4.69) is 35.7 Å². The van der Waals surface area contributed by atoms with Crippen molar-refractivity contribution in [3.8, 4) is 0 Å². The van der Waals surface area contributed by atoms with Crippen molar-refractivity contribution in [1.29, 1.82) is 0 Å². The summed E-state index contributed by atoms with van der Waals surface area (Å²) in [6.07, 6.45) is 7.53. The summed E-state index contributed by atoms with van der Waals surface area (Å²) in [5.41, 5.74) is 0.952. The SMILES string of the molecule is O=C(NCCc1cc(N2CCCC2)ncn1)[C@H]1CCCCn2nnnc21. The predicted molar refractivity (Wildman–Crippen MR) is 94.6 cm³/mol. The molecule has 1 amide bonds. The molecule has 4 rings (SSSR count). The fourth-order valence-corrected chi connectivity index (χ4v) is 3.69. The van der Waals surface area contributed by atoms with Crippen LogP contribution in [0.5, 0.6) is 0 Å². The number of rotatable bonds is 5. The lowest BCUT2D eigenvalue weighted by atomic mass is 10.0. The van der Waals surface area contributed by atoms with Crippen LogP contribution < -0.4 is 10.2 Å². The van der Waals surface area contributed by atoms with Gasteiger partial charge in [-0.25, -0.2) is 14.6 Å². The minimum Gasteiger partial charge on any atom is -0.357 e. The van der Waals surface area contributed by atoms with Crippen molar-refractivity contribution in [2.24, 2.45) is 0 Å². The van der Waals surface area contributed by atoms with Crippen molar-refractivity contribution >= 4 is 11.7 Å². The zero-order valence-corrected chi connectivity index (χ0v) is 14.8. The van der Waals surface area contributed by atoms with Gasteiger partial charge in [0.1, 0.15) is 12.1 Å². The molecule has 1 N–H and O–H groups in total. The highest BCUT2D eigenvalue weighted by Crippen LogP contribution is 2.24. The van der Waals surface area contributed by atoms with Crippen molar-refractivity contribution in [3.05, 3.63) is 23.9 Å². The molecule has 0 aliphatic carbocycles. The van der Waals surface area contributed by atoms with Gasteiger partial charge < -0.3 is 10.2 Å². The number of anilines is 1. The topological polar surface area (TPSA) is 102 Å². The van der Waals surface area contributed by atoms with E-state index in [1.807, 2.05) is 6.07 Å². The first kappa shape index (κ1) is 16.9. The van der Waals surface area contributed by atoms with Crippen LogP contribution in [-0.2, 0) is 17.8 Å². The van der Waals surface area contributed by atoms with E-state index in [9.17, 15) is 4.79 Å². The van der Waals surface area contributed by atoms with E-state index in [4.69, 9.17) is 0 Å². The average molecular weight is 356 g/mol. The maximum absolute atomic E-state index is 12.6. The Kier molecular flexibility index (Phi) is 5.03. The number of fused-ring (bicyclic) bond motifs is 1. The maximum Gasteiger partial charge on any atom is 0.230 e. The van der Waals surface area contributed by atoms with E-state index in [0.29, 0.717) is 18.8 Å². The molecular formula is C17H24N8O. The number of carbonyl (C=O) groups is 1. The molecule has 0 spiro atoms. The number of carbonyl (C=O) groups excluding carboxylic acids is 1. The standard InChI is InChI=1S/C17H24N8O/c26-17(14-5-1-2-10-25-16(14)21-22-23-25)18-7-6-13-11-15(20-12-19-13)24-8-3-4-9-24/h11-12,14H,1-10H2,(H,18,26)/t14-/m0/s1. The molecule has 4 heterocycles. The number of nitrogens with one attached hydrogen (secondary N) is 1. The highest BCUT2D eigenvalue weighted by atomic mass is 16.1. The van der Waals surface area contributed by atoms with Gasteiger partial charge in [-0.05, 0) is 36.1 Å². The van der Waals surface area contributed by atoms with Gasteiger partial charge in [-0.1, -0.05) is 6.42 Å². The molecule has 26 heavy (non-hydrogen) atoms. The Labute approximate surface area is 152 Å². The minimum atomic E-state index is -0.266. The molecule has 2 aliphatic rings. The second kappa shape index (κ2) is 7.76. The van der Waals surface area contributed by atoms with Crippen molar-refractivity contribution in [1.82, 2.24) is 35.5 Å². The number of hydrogen-bond acceptors (Lipinski definition) is 7. The van der Waals surface area contributed by atoms with E-state index in [-0.39, 0.29) is 11.8 Å². The van der Waals surface area contributed by atoms with Crippen LogP contribution in [0.2, 0.25) is 0 Å². The summed E-state index contributed by atoms with van der Waals surface area (Å²) in [5.74, 6) is 1.40. The van der Waals surface area contributed by atoms with Crippen LogP contribution in [0.4, 0.5) is 5.82 Å². The largest absolute Gasteiger partial charge is 0.357 e. The fraction of sp³-hybridized carbons (Fsp3) is 0.647. The monoisotopic (exact) mass is 356 g/mol. The Morgan fingerprint density at radius 3 is 2.88 bits per heavy atom. The lowest BCUT2D eigenvalue weighted by Gasteiger charge is -2.16. The second-order valence-corrected chi connectivity index (χ2v) is 6.91. The highest BCUT2D eigenvalue weighted by Gasteiger charge is 2.28. The molecule has 2 aromatic heterocycles. The smallest absolute Gasteiger partial charge is 0.230 e. The summed E-state index contributed by atoms with van der Waals surface area (Å²) < 4.78 is 1.75. The van der Waals surface area contributed by atoms with E-state index < -0.39 is 0 Å². The van der Waals surface area contributed by atoms with Crippen LogP contribution in [0, 0.1) is 0 Å². The van der Waals surface area contributed by atoms with Gasteiger partial charge >= 0.3 is 0 Å². The Morgan fingerprint density at radius 1 is 1.15 bits per heavy atom. The third kappa shape index (κ3) is 3.66. The van der Waals surface area contributed by atoms with E-state index in [1.54, 1.807) is 11.0 Å². The molecule has 138 valence electrons. The summed E-state index contributed by atoms with van der Waals surface area (Å²) in [6, 6.07) is 2.03. The Bertz CT molecular complexity index is 755. The number of tetrazole rings is 1. The molecule has 9 nitrogen and oxygen atoms in total. The molecule has 9 heteroatoms. The zero-order valence-electron chi connectivity index (χ0n) is 14.8. The van der Waals surface area contributed by atoms with Crippen molar-refractivity contribution in [2.45, 2.75) is 51.0 Å². The Hall–Kier alpha value is -2.58. The molecule has 1 saturated heterocycles. The van der Waals surface area contributed by atoms with Gasteiger partial charge in [-0.15, -0.1) is 5.10 Å². The van der Waals surface area contributed by atoms with Gasteiger partial charge in [0.2, 0.25) is 5.91 Å². The quantitative estimate of drug-likeness (QED) is 0.841. The normalized spacial score (nSPS) is 19.8. The summed E-state index contributed by atoms with van der Waals surface area (Å²) in [6.45, 7) is 3.45. The van der Waals surface area contributed by atoms with Crippen LogP contribution in [0.25, 0.3) is 0 Å². The van der Waals surface area contributed by atoms with Gasteiger partial charge in [0.05, 0.1) is 5.92 Å². The summed E-state index contributed by atoms with van der Waals surface area (Å²) in [4.78, 5) is 23.6. The molecule has 2 aliphatic heterocycles. The third-order valence-corrected chi connectivity index (χ3v) is 5.12. The van der Waals surface area contributed by atoms with Crippen molar-refractivity contribution < 1.29 is 4.79 Å². The average Bonchev–Trinajstić information content (AvgIpc) is 3.31. The van der Waals surface area contributed by atoms with E-state index >= 15 is 0 Å². The molecule has 0 unspecified atom stereocenters.